The van der Waals surface area contributed by atoms with Gasteiger partial charge in [-0.15, -0.1) is 0 Å². The van der Waals surface area contributed by atoms with Crippen LogP contribution in [-0.2, 0) is 13.0 Å². The van der Waals surface area contributed by atoms with Crippen LogP contribution in [-0.4, -0.2) is 56.0 Å². The summed E-state index contributed by atoms with van der Waals surface area (Å²) >= 11 is 0. The lowest BCUT2D eigenvalue weighted by Gasteiger charge is -2.20. The van der Waals surface area contributed by atoms with Gasteiger partial charge in [0.15, 0.2) is 5.96 Å². The minimum absolute atomic E-state index is 0.697. The number of hydrogen-bond acceptors (Lipinski definition) is 2. The summed E-state index contributed by atoms with van der Waals surface area (Å²) in [4.78, 5) is 9.43. The van der Waals surface area contributed by atoms with E-state index in [-0.39, 0.29) is 0 Å². The molecule has 0 aromatic heterocycles. The highest BCUT2D eigenvalue weighted by atomic mass is 15.3. The summed E-state index contributed by atoms with van der Waals surface area (Å²) in [5, 5.41) is 3.57. The number of benzene rings is 2. The fourth-order valence-electron chi connectivity index (χ4n) is 3.56. The van der Waals surface area contributed by atoms with Gasteiger partial charge in [-0.1, -0.05) is 60.7 Å². The minimum atomic E-state index is 0.697. The molecule has 2 aromatic rings. The molecule has 0 saturated carbocycles. The third-order valence-electron chi connectivity index (χ3n) is 5.16. The van der Waals surface area contributed by atoms with Crippen molar-refractivity contribution in [3.63, 3.8) is 0 Å². The molecule has 1 saturated heterocycles. The van der Waals surface area contributed by atoms with Gasteiger partial charge in [0.05, 0.1) is 6.54 Å². The summed E-state index contributed by atoms with van der Waals surface area (Å²) in [6.07, 6.45) is 2.41. The fraction of sp³-hybridized carbons (Fsp3) is 0.435. The normalized spacial score (nSPS) is 17.9. The van der Waals surface area contributed by atoms with Crippen LogP contribution < -0.4 is 5.32 Å². The van der Waals surface area contributed by atoms with Crippen molar-refractivity contribution in [2.45, 2.75) is 19.4 Å². The van der Waals surface area contributed by atoms with Crippen molar-refractivity contribution in [2.24, 2.45) is 10.9 Å². The van der Waals surface area contributed by atoms with Gasteiger partial charge >= 0.3 is 0 Å². The molecule has 1 aliphatic heterocycles. The molecule has 0 amide bonds. The SMILES string of the molecule is CN(C)C(=NCc1ccccc1)NCC1CCN(CCc2ccccc2)C1. The third-order valence-corrected chi connectivity index (χ3v) is 5.16. The van der Waals surface area contributed by atoms with E-state index in [1.807, 2.05) is 6.07 Å². The highest BCUT2D eigenvalue weighted by molar-refractivity contribution is 5.79. The molecule has 2 aromatic carbocycles. The molecule has 4 nitrogen and oxygen atoms in total. The second-order valence-corrected chi connectivity index (χ2v) is 7.59. The van der Waals surface area contributed by atoms with E-state index in [1.54, 1.807) is 0 Å². The summed E-state index contributed by atoms with van der Waals surface area (Å²) in [5.74, 6) is 1.67. The Hall–Kier alpha value is -2.33. The van der Waals surface area contributed by atoms with Gasteiger partial charge in [-0.3, -0.25) is 0 Å². The molecular formula is C23H32N4. The molecule has 4 heteroatoms. The Morgan fingerprint density at radius 2 is 1.70 bits per heavy atom. The first-order valence-corrected chi connectivity index (χ1v) is 9.96. The van der Waals surface area contributed by atoms with Gasteiger partial charge in [-0.05, 0) is 36.4 Å². The van der Waals surface area contributed by atoms with Crippen LogP contribution in [0, 0.1) is 5.92 Å². The first-order chi connectivity index (χ1) is 13.2. The molecule has 1 unspecified atom stereocenters. The zero-order valence-electron chi connectivity index (χ0n) is 16.6. The Morgan fingerprint density at radius 3 is 2.37 bits per heavy atom. The maximum absolute atomic E-state index is 4.77. The van der Waals surface area contributed by atoms with E-state index in [4.69, 9.17) is 4.99 Å². The zero-order valence-corrected chi connectivity index (χ0v) is 16.6. The Labute approximate surface area is 163 Å². The smallest absolute Gasteiger partial charge is 0.193 e. The average Bonchev–Trinajstić information content (AvgIpc) is 3.15. The lowest BCUT2D eigenvalue weighted by molar-refractivity contribution is 0.327. The molecule has 0 bridgehead atoms. The van der Waals surface area contributed by atoms with Crippen molar-refractivity contribution in [3.05, 3.63) is 71.8 Å². The van der Waals surface area contributed by atoms with E-state index in [0.29, 0.717) is 5.92 Å². The number of aliphatic imine (C=N–C) groups is 1. The van der Waals surface area contributed by atoms with Gasteiger partial charge in [0.2, 0.25) is 0 Å². The molecule has 3 rings (SSSR count). The van der Waals surface area contributed by atoms with Crippen LogP contribution in [0.1, 0.15) is 17.5 Å². The molecular weight excluding hydrogens is 332 g/mol. The highest BCUT2D eigenvalue weighted by Gasteiger charge is 2.22. The van der Waals surface area contributed by atoms with E-state index < -0.39 is 0 Å². The van der Waals surface area contributed by atoms with Crippen LogP contribution in [0.4, 0.5) is 0 Å². The molecule has 0 aliphatic carbocycles. The largest absolute Gasteiger partial charge is 0.356 e. The van der Waals surface area contributed by atoms with Gasteiger partial charge in [0.1, 0.15) is 0 Å². The monoisotopic (exact) mass is 364 g/mol. The standard InChI is InChI=1S/C23H32N4/c1-26(2)23(24-17-21-11-7-4-8-12-21)25-18-22-14-16-27(19-22)15-13-20-9-5-3-6-10-20/h3-12,22H,13-19H2,1-2H3,(H,24,25). The van der Waals surface area contributed by atoms with Gasteiger partial charge in [0.25, 0.3) is 0 Å². The number of nitrogens with one attached hydrogen (secondary N) is 1. The number of nitrogens with zero attached hydrogens (tertiary/aromatic N) is 3. The summed E-state index contributed by atoms with van der Waals surface area (Å²) in [7, 11) is 4.11. The van der Waals surface area contributed by atoms with Crippen LogP contribution in [0.5, 0.6) is 0 Å². The van der Waals surface area contributed by atoms with Crippen LogP contribution in [0.25, 0.3) is 0 Å². The van der Waals surface area contributed by atoms with Crippen LogP contribution in [0.2, 0.25) is 0 Å². The highest BCUT2D eigenvalue weighted by Crippen LogP contribution is 2.16. The average molecular weight is 365 g/mol. The Morgan fingerprint density at radius 1 is 1.04 bits per heavy atom. The topological polar surface area (TPSA) is 30.9 Å². The van der Waals surface area contributed by atoms with E-state index >= 15 is 0 Å². The Kier molecular flexibility index (Phi) is 7.28. The summed E-state index contributed by atoms with van der Waals surface area (Å²) in [6, 6.07) is 21.2. The number of rotatable bonds is 7. The first-order valence-electron chi connectivity index (χ1n) is 9.96. The molecule has 1 aliphatic rings. The van der Waals surface area contributed by atoms with Crippen molar-refractivity contribution < 1.29 is 0 Å². The predicted molar refractivity (Wildman–Crippen MR) is 114 cm³/mol. The predicted octanol–water partition coefficient (Wildman–Crippen LogP) is 3.26. The minimum Gasteiger partial charge on any atom is -0.356 e. The second kappa shape index (κ2) is 10.1. The molecule has 1 N–H and O–H groups in total. The van der Waals surface area contributed by atoms with Crippen molar-refractivity contribution in [2.75, 3.05) is 40.3 Å². The lowest BCUT2D eigenvalue weighted by atomic mass is 10.1. The maximum atomic E-state index is 4.77. The van der Waals surface area contributed by atoms with Crippen LogP contribution in [0.3, 0.4) is 0 Å². The van der Waals surface area contributed by atoms with E-state index in [9.17, 15) is 0 Å². The number of likely N-dealkylation sites (tertiary alicyclic amines) is 1. The molecule has 27 heavy (non-hydrogen) atoms. The van der Waals surface area contributed by atoms with Gasteiger partial charge in [-0.2, -0.15) is 0 Å². The van der Waals surface area contributed by atoms with Crippen molar-refractivity contribution in [1.82, 2.24) is 15.1 Å². The molecule has 0 radical (unpaired) electrons. The summed E-state index contributed by atoms with van der Waals surface area (Å²) < 4.78 is 0. The quantitative estimate of drug-likeness (QED) is 0.604. The summed E-state index contributed by atoms with van der Waals surface area (Å²) in [5.41, 5.74) is 2.67. The molecule has 0 spiro atoms. The molecule has 1 atom stereocenters. The van der Waals surface area contributed by atoms with Gasteiger partial charge < -0.3 is 15.1 Å². The first kappa shape index (κ1) is 19.4. The van der Waals surface area contributed by atoms with Gasteiger partial charge in [-0.25, -0.2) is 4.99 Å². The van der Waals surface area contributed by atoms with Crippen molar-refractivity contribution >= 4 is 5.96 Å². The lowest BCUT2D eigenvalue weighted by Crippen LogP contribution is -2.39. The van der Waals surface area contributed by atoms with Crippen LogP contribution >= 0.6 is 0 Å². The van der Waals surface area contributed by atoms with E-state index in [1.165, 1.54) is 30.6 Å². The third kappa shape index (κ3) is 6.40. The van der Waals surface area contributed by atoms with Crippen LogP contribution in [0.15, 0.2) is 65.7 Å². The number of hydrogen-bond donors (Lipinski definition) is 1. The Bertz CT molecular complexity index is 697. The maximum Gasteiger partial charge on any atom is 0.193 e. The number of guanidine groups is 1. The molecule has 144 valence electrons. The molecule has 1 fully saturated rings. The van der Waals surface area contributed by atoms with Gasteiger partial charge in [0, 0.05) is 33.7 Å². The Balaban J connectivity index is 1.43. The summed E-state index contributed by atoms with van der Waals surface area (Å²) in [6.45, 7) is 5.25. The van der Waals surface area contributed by atoms with E-state index in [0.717, 1.165) is 32.0 Å². The molecule has 1 heterocycles. The van der Waals surface area contributed by atoms with E-state index in [2.05, 4.69) is 83.8 Å². The van der Waals surface area contributed by atoms with Crippen molar-refractivity contribution in [1.29, 1.82) is 0 Å². The fourth-order valence-corrected chi connectivity index (χ4v) is 3.56. The van der Waals surface area contributed by atoms with Crippen molar-refractivity contribution in [3.8, 4) is 0 Å². The zero-order chi connectivity index (χ0) is 18.9. The second-order valence-electron chi connectivity index (χ2n) is 7.59.